The summed E-state index contributed by atoms with van der Waals surface area (Å²) in [6, 6.07) is 6.18. The normalized spacial score (nSPS) is 10.6. The standard InChI is InChI=1S/C14H17N3O2/c1-10-4-3-5-11(2)13(10)9-17-8-12(15-16-17)6-7-14(18)19/h3-5,8H,6-7,9H2,1-2H3,(H,18,19). The van der Waals surface area contributed by atoms with Gasteiger partial charge in [-0.05, 0) is 30.5 Å². The number of rotatable bonds is 5. The summed E-state index contributed by atoms with van der Waals surface area (Å²) in [5, 5.41) is 16.7. The topological polar surface area (TPSA) is 68.0 Å². The van der Waals surface area contributed by atoms with Gasteiger partial charge in [-0.1, -0.05) is 23.4 Å². The number of hydrogen-bond acceptors (Lipinski definition) is 3. The number of benzene rings is 1. The van der Waals surface area contributed by atoms with Gasteiger partial charge in [0.15, 0.2) is 0 Å². The van der Waals surface area contributed by atoms with E-state index in [4.69, 9.17) is 5.11 Å². The summed E-state index contributed by atoms with van der Waals surface area (Å²) >= 11 is 0. The summed E-state index contributed by atoms with van der Waals surface area (Å²) in [5.74, 6) is -0.815. The molecule has 5 heteroatoms. The molecule has 0 aliphatic heterocycles. The maximum absolute atomic E-state index is 10.5. The first-order chi connectivity index (χ1) is 9.06. The first-order valence-electron chi connectivity index (χ1n) is 6.22. The minimum atomic E-state index is -0.815. The van der Waals surface area contributed by atoms with E-state index in [1.807, 2.05) is 12.3 Å². The van der Waals surface area contributed by atoms with Gasteiger partial charge in [0.25, 0.3) is 0 Å². The predicted octanol–water partition coefficient (Wildman–Crippen LogP) is 1.96. The highest BCUT2D eigenvalue weighted by molar-refractivity contribution is 5.66. The summed E-state index contributed by atoms with van der Waals surface area (Å²) in [4.78, 5) is 10.5. The van der Waals surface area contributed by atoms with Crippen molar-refractivity contribution in [3.05, 3.63) is 46.8 Å². The van der Waals surface area contributed by atoms with Crippen LogP contribution in [0.3, 0.4) is 0 Å². The number of hydrogen-bond donors (Lipinski definition) is 1. The lowest BCUT2D eigenvalue weighted by Crippen LogP contribution is -2.04. The molecule has 0 unspecified atom stereocenters. The summed E-state index contributed by atoms with van der Waals surface area (Å²) in [7, 11) is 0. The van der Waals surface area contributed by atoms with E-state index in [9.17, 15) is 4.79 Å². The lowest BCUT2D eigenvalue weighted by molar-refractivity contribution is -0.136. The van der Waals surface area contributed by atoms with Crippen LogP contribution in [0.1, 0.15) is 28.8 Å². The van der Waals surface area contributed by atoms with Gasteiger partial charge < -0.3 is 5.11 Å². The van der Waals surface area contributed by atoms with E-state index >= 15 is 0 Å². The number of carboxylic acids is 1. The molecule has 0 fully saturated rings. The molecule has 2 rings (SSSR count). The highest BCUT2D eigenvalue weighted by atomic mass is 16.4. The number of carboxylic acid groups (broad SMARTS) is 1. The first kappa shape index (κ1) is 13.3. The molecule has 1 aromatic carbocycles. The van der Waals surface area contributed by atoms with Crippen LogP contribution in [0.15, 0.2) is 24.4 Å². The van der Waals surface area contributed by atoms with E-state index in [-0.39, 0.29) is 6.42 Å². The van der Waals surface area contributed by atoms with E-state index in [0.717, 1.165) is 0 Å². The number of aliphatic carboxylic acids is 1. The monoisotopic (exact) mass is 259 g/mol. The van der Waals surface area contributed by atoms with Gasteiger partial charge in [-0.3, -0.25) is 4.79 Å². The van der Waals surface area contributed by atoms with Crippen LogP contribution in [0.5, 0.6) is 0 Å². The Labute approximate surface area is 111 Å². The fourth-order valence-electron chi connectivity index (χ4n) is 2.03. The van der Waals surface area contributed by atoms with Crippen LogP contribution in [-0.2, 0) is 17.8 Å². The Morgan fingerprint density at radius 3 is 2.63 bits per heavy atom. The summed E-state index contributed by atoms with van der Waals surface area (Å²) in [5.41, 5.74) is 4.40. The average Bonchev–Trinajstić information content (AvgIpc) is 2.79. The van der Waals surface area contributed by atoms with Crippen LogP contribution < -0.4 is 0 Å². The second-order valence-corrected chi connectivity index (χ2v) is 4.67. The SMILES string of the molecule is Cc1cccc(C)c1Cn1cc(CCC(=O)O)nn1. The lowest BCUT2D eigenvalue weighted by Gasteiger charge is -2.08. The minimum absolute atomic E-state index is 0.0854. The highest BCUT2D eigenvalue weighted by Gasteiger charge is 2.07. The minimum Gasteiger partial charge on any atom is -0.481 e. The molecule has 0 aliphatic carbocycles. The zero-order valence-corrected chi connectivity index (χ0v) is 11.1. The van der Waals surface area contributed by atoms with E-state index < -0.39 is 5.97 Å². The average molecular weight is 259 g/mol. The van der Waals surface area contributed by atoms with Gasteiger partial charge in [-0.15, -0.1) is 5.10 Å². The molecule has 0 saturated carbocycles. The molecule has 2 aromatic rings. The Bertz CT molecular complexity index is 570. The van der Waals surface area contributed by atoms with E-state index in [2.05, 4.69) is 36.3 Å². The van der Waals surface area contributed by atoms with Gasteiger partial charge in [0.2, 0.25) is 0 Å². The van der Waals surface area contributed by atoms with Gasteiger partial charge in [-0.25, -0.2) is 4.68 Å². The Kier molecular flexibility index (Phi) is 3.94. The van der Waals surface area contributed by atoms with E-state index in [0.29, 0.717) is 18.7 Å². The molecule has 5 nitrogen and oxygen atoms in total. The molecule has 1 aromatic heterocycles. The van der Waals surface area contributed by atoms with Gasteiger partial charge in [0.05, 0.1) is 18.7 Å². The van der Waals surface area contributed by atoms with Crippen LogP contribution in [0.4, 0.5) is 0 Å². The van der Waals surface area contributed by atoms with Crippen molar-refractivity contribution in [3.63, 3.8) is 0 Å². The lowest BCUT2D eigenvalue weighted by atomic mass is 10.0. The molecular formula is C14H17N3O2. The molecular weight excluding hydrogens is 242 g/mol. The number of carbonyl (C=O) groups is 1. The molecule has 0 amide bonds. The summed E-state index contributed by atoms with van der Waals surface area (Å²) < 4.78 is 1.76. The van der Waals surface area contributed by atoms with Gasteiger partial charge in [0, 0.05) is 12.6 Å². The molecule has 0 spiro atoms. The molecule has 1 N–H and O–H groups in total. The van der Waals surface area contributed by atoms with Crippen LogP contribution in [0.25, 0.3) is 0 Å². The van der Waals surface area contributed by atoms with Gasteiger partial charge in [0.1, 0.15) is 0 Å². The molecule has 0 atom stereocenters. The molecule has 0 aliphatic rings. The largest absolute Gasteiger partial charge is 0.481 e. The maximum Gasteiger partial charge on any atom is 0.303 e. The maximum atomic E-state index is 10.5. The van der Waals surface area contributed by atoms with Crippen molar-refractivity contribution in [3.8, 4) is 0 Å². The van der Waals surface area contributed by atoms with Crippen molar-refractivity contribution in [2.24, 2.45) is 0 Å². The highest BCUT2D eigenvalue weighted by Crippen LogP contribution is 2.14. The van der Waals surface area contributed by atoms with Crippen LogP contribution >= 0.6 is 0 Å². The molecule has 100 valence electrons. The van der Waals surface area contributed by atoms with Crippen LogP contribution in [0, 0.1) is 13.8 Å². The predicted molar refractivity (Wildman–Crippen MR) is 71.0 cm³/mol. The van der Waals surface area contributed by atoms with Crippen molar-refractivity contribution < 1.29 is 9.90 Å². The number of aryl methyl sites for hydroxylation is 3. The third-order valence-corrected chi connectivity index (χ3v) is 3.15. The van der Waals surface area contributed by atoms with Crippen molar-refractivity contribution in [2.75, 3.05) is 0 Å². The number of nitrogens with zero attached hydrogens (tertiary/aromatic N) is 3. The van der Waals surface area contributed by atoms with Gasteiger partial charge in [-0.2, -0.15) is 0 Å². The molecule has 19 heavy (non-hydrogen) atoms. The molecule has 0 bridgehead atoms. The van der Waals surface area contributed by atoms with Crippen LogP contribution in [0.2, 0.25) is 0 Å². The molecule has 0 saturated heterocycles. The zero-order valence-electron chi connectivity index (χ0n) is 11.1. The van der Waals surface area contributed by atoms with Crippen molar-refractivity contribution in [2.45, 2.75) is 33.2 Å². The Morgan fingerprint density at radius 1 is 1.32 bits per heavy atom. The Hall–Kier alpha value is -2.17. The number of aromatic nitrogens is 3. The van der Waals surface area contributed by atoms with E-state index in [1.54, 1.807) is 4.68 Å². The zero-order chi connectivity index (χ0) is 13.8. The Balaban J connectivity index is 2.09. The third-order valence-electron chi connectivity index (χ3n) is 3.15. The van der Waals surface area contributed by atoms with Crippen molar-refractivity contribution in [1.82, 2.24) is 15.0 Å². The second kappa shape index (κ2) is 5.65. The van der Waals surface area contributed by atoms with Crippen molar-refractivity contribution >= 4 is 5.97 Å². The Morgan fingerprint density at radius 2 is 2.00 bits per heavy atom. The van der Waals surface area contributed by atoms with E-state index in [1.165, 1.54) is 16.7 Å². The summed E-state index contributed by atoms with van der Waals surface area (Å²) in [6.45, 7) is 4.81. The smallest absolute Gasteiger partial charge is 0.303 e. The summed E-state index contributed by atoms with van der Waals surface area (Å²) in [6.07, 6.45) is 2.32. The molecule has 1 heterocycles. The fourth-order valence-corrected chi connectivity index (χ4v) is 2.03. The first-order valence-corrected chi connectivity index (χ1v) is 6.22. The van der Waals surface area contributed by atoms with Gasteiger partial charge >= 0.3 is 5.97 Å². The van der Waals surface area contributed by atoms with Crippen molar-refractivity contribution in [1.29, 1.82) is 0 Å². The molecule has 0 radical (unpaired) electrons. The quantitative estimate of drug-likeness (QED) is 0.891. The fraction of sp³-hybridized carbons (Fsp3) is 0.357. The second-order valence-electron chi connectivity index (χ2n) is 4.67. The van der Waals surface area contributed by atoms with Crippen LogP contribution in [-0.4, -0.2) is 26.1 Å². The third kappa shape index (κ3) is 3.40.